The molecule has 0 amide bonds. The van der Waals surface area contributed by atoms with E-state index in [1.165, 1.54) is 77.0 Å². The Bertz CT molecular complexity index is 716. The van der Waals surface area contributed by atoms with E-state index in [9.17, 15) is 0 Å². The van der Waals surface area contributed by atoms with E-state index in [-0.39, 0.29) is 0 Å². The van der Waals surface area contributed by atoms with Crippen LogP contribution in [0.1, 0.15) is 110 Å². The van der Waals surface area contributed by atoms with Gasteiger partial charge in [-0.2, -0.15) is 4.98 Å². The van der Waals surface area contributed by atoms with E-state index in [2.05, 4.69) is 37.9 Å². The predicted molar refractivity (Wildman–Crippen MR) is 137 cm³/mol. The molecule has 0 saturated heterocycles. The van der Waals surface area contributed by atoms with Crippen LogP contribution in [0.5, 0.6) is 5.88 Å². The van der Waals surface area contributed by atoms with Gasteiger partial charge in [-0.05, 0) is 31.6 Å². The van der Waals surface area contributed by atoms with E-state index in [0.717, 1.165) is 48.2 Å². The molecule has 0 aliphatic carbocycles. The summed E-state index contributed by atoms with van der Waals surface area (Å²) in [7, 11) is 0. The molecule has 0 fully saturated rings. The summed E-state index contributed by atoms with van der Waals surface area (Å²) < 4.78 is 6.20. The Labute approximate surface area is 197 Å². The largest absolute Gasteiger partial charge is 0.477 e. The van der Waals surface area contributed by atoms with E-state index < -0.39 is 0 Å². The van der Waals surface area contributed by atoms with Crippen molar-refractivity contribution in [3.05, 3.63) is 42.1 Å². The Morgan fingerprint density at radius 3 is 2.19 bits per heavy atom. The molecule has 1 unspecified atom stereocenters. The second-order valence-electron chi connectivity index (χ2n) is 9.33. The lowest BCUT2D eigenvalue weighted by atomic mass is 10.0. The number of hydrogen-bond acceptors (Lipinski definition) is 3. The van der Waals surface area contributed by atoms with Gasteiger partial charge in [0.05, 0.1) is 6.61 Å². The first kappa shape index (κ1) is 26.4. The summed E-state index contributed by atoms with van der Waals surface area (Å²) in [4.78, 5) is 9.47. The number of benzene rings is 1. The van der Waals surface area contributed by atoms with Crippen molar-refractivity contribution in [2.45, 2.75) is 111 Å². The highest BCUT2D eigenvalue weighted by Gasteiger charge is 2.10. The fourth-order valence-electron chi connectivity index (χ4n) is 4.01. The van der Waals surface area contributed by atoms with Gasteiger partial charge < -0.3 is 4.74 Å². The molecule has 2 rings (SSSR count). The smallest absolute Gasteiger partial charge is 0.220 e. The Hall–Kier alpha value is -1.90. The van der Waals surface area contributed by atoms with Crippen LogP contribution in [0.3, 0.4) is 0 Å². The summed E-state index contributed by atoms with van der Waals surface area (Å²) in [6, 6.07) is 10.2. The second-order valence-corrected chi connectivity index (χ2v) is 9.33. The lowest BCUT2D eigenvalue weighted by molar-refractivity contribution is 0.285. The molecule has 0 radical (unpaired) electrons. The van der Waals surface area contributed by atoms with Crippen LogP contribution in [0.25, 0.3) is 11.4 Å². The number of ether oxygens (including phenoxy) is 1. The van der Waals surface area contributed by atoms with E-state index >= 15 is 0 Å². The minimum Gasteiger partial charge on any atom is -0.477 e. The van der Waals surface area contributed by atoms with Crippen molar-refractivity contribution in [3.8, 4) is 17.3 Å². The van der Waals surface area contributed by atoms with E-state index in [1.807, 2.05) is 24.4 Å². The standard InChI is InChI=1S/C29H46N2O/c1-4-6-7-8-9-10-11-12-14-22-27-24-30-28(26-20-15-13-16-21-26)31-29(27)32-23-18-17-19-25(3)5-2/h13,15-16,20-21,24-25H,4-12,14,17-19,22-23H2,1-3H3. The maximum Gasteiger partial charge on any atom is 0.220 e. The van der Waals surface area contributed by atoms with E-state index in [0.29, 0.717) is 0 Å². The Morgan fingerprint density at radius 2 is 1.50 bits per heavy atom. The Kier molecular flexibility index (Phi) is 13.7. The summed E-state index contributed by atoms with van der Waals surface area (Å²) in [6.07, 6.45) is 19.9. The fraction of sp³-hybridized carbons (Fsp3) is 0.655. The number of nitrogens with zero attached hydrogens (tertiary/aromatic N) is 2. The summed E-state index contributed by atoms with van der Waals surface area (Å²) in [5, 5.41) is 0. The van der Waals surface area contributed by atoms with Crippen LogP contribution in [0.2, 0.25) is 0 Å². The average molecular weight is 439 g/mol. The molecule has 178 valence electrons. The lowest BCUT2D eigenvalue weighted by Gasteiger charge is -2.13. The Morgan fingerprint density at radius 1 is 0.812 bits per heavy atom. The lowest BCUT2D eigenvalue weighted by Crippen LogP contribution is -2.05. The normalized spacial score (nSPS) is 12.1. The highest BCUT2D eigenvalue weighted by molar-refractivity contribution is 5.55. The highest BCUT2D eigenvalue weighted by Crippen LogP contribution is 2.23. The van der Waals surface area contributed by atoms with Gasteiger partial charge in [-0.15, -0.1) is 0 Å². The van der Waals surface area contributed by atoms with E-state index in [4.69, 9.17) is 9.72 Å². The number of unbranched alkanes of at least 4 members (excludes halogenated alkanes) is 9. The van der Waals surface area contributed by atoms with Gasteiger partial charge in [-0.3, -0.25) is 0 Å². The van der Waals surface area contributed by atoms with Crippen molar-refractivity contribution >= 4 is 0 Å². The zero-order valence-electron chi connectivity index (χ0n) is 21.0. The van der Waals surface area contributed by atoms with E-state index in [1.54, 1.807) is 0 Å². The molecule has 2 aromatic rings. The molecule has 1 heterocycles. The topological polar surface area (TPSA) is 35.0 Å². The van der Waals surface area contributed by atoms with Gasteiger partial charge in [0.15, 0.2) is 5.82 Å². The molecule has 1 aromatic carbocycles. The van der Waals surface area contributed by atoms with Crippen LogP contribution in [0.15, 0.2) is 36.5 Å². The van der Waals surface area contributed by atoms with Gasteiger partial charge in [-0.25, -0.2) is 4.98 Å². The number of hydrogen-bond donors (Lipinski definition) is 0. The van der Waals surface area contributed by atoms with Crippen molar-refractivity contribution in [2.75, 3.05) is 6.61 Å². The molecule has 1 atom stereocenters. The van der Waals surface area contributed by atoms with Crippen molar-refractivity contribution in [1.82, 2.24) is 9.97 Å². The van der Waals surface area contributed by atoms with Gasteiger partial charge in [0.25, 0.3) is 0 Å². The van der Waals surface area contributed by atoms with Crippen LogP contribution in [-0.2, 0) is 6.42 Å². The third-order valence-corrected chi connectivity index (χ3v) is 6.43. The molecule has 0 aliphatic rings. The molecule has 3 nitrogen and oxygen atoms in total. The van der Waals surface area contributed by atoms with Crippen LogP contribution in [0, 0.1) is 5.92 Å². The number of aromatic nitrogens is 2. The van der Waals surface area contributed by atoms with Gasteiger partial charge in [-0.1, -0.05) is 115 Å². The van der Waals surface area contributed by atoms with Crippen molar-refractivity contribution < 1.29 is 4.74 Å². The monoisotopic (exact) mass is 438 g/mol. The zero-order chi connectivity index (χ0) is 22.9. The first-order valence-corrected chi connectivity index (χ1v) is 13.3. The van der Waals surface area contributed by atoms with Crippen molar-refractivity contribution in [3.63, 3.8) is 0 Å². The van der Waals surface area contributed by atoms with Crippen LogP contribution >= 0.6 is 0 Å². The molecule has 0 aliphatic heterocycles. The molecule has 0 saturated carbocycles. The first-order valence-electron chi connectivity index (χ1n) is 13.3. The summed E-state index contributed by atoms with van der Waals surface area (Å²) in [5.74, 6) is 2.36. The van der Waals surface area contributed by atoms with Crippen LogP contribution < -0.4 is 4.74 Å². The first-order chi connectivity index (χ1) is 15.7. The fourth-order valence-corrected chi connectivity index (χ4v) is 4.01. The third kappa shape index (κ3) is 10.6. The minimum atomic E-state index is 0.742. The van der Waals surface area contributed by atoms with Crippen LogP contribution in [0.4, 0.5) is 0 Å². The van der Waals surface area contributed by atoms with Gasteiger partial charge in [0, 0.05) is 17.3 Å². The number of aryl methyl sites for hydroxylation is 1. The predicted octanol–water partition coefficient (Wildman–Crippen LogP) is 8.81. The Balaban J connectivity index is 1.84. The third-order valence-electron chi connectivity index (χ3n) is 6.43. The molecule has 0 spiro atoms. The maximum atomic E-state index is 6.20. The summed E-state index contributed by atoms with van der Waals surface area (Å²) >= 11 is 0. The molecular weight excluding hydrogens is 392 g/mol. The average Bonchev–Trinajstić information content (AvgIpc) is 2.83. The molecule has 1 aromatic heterocycles. The van der Waals surface area contributed by atoms with Gasteiger partial charge in [0.2, 0.25) is 5.88 Å². The summed E-state index contributed by atoms with van der Waals surface area (Å²) in [6.45, 7) is 7.63. The van der Waals surface area contributed by atoms with Crippen LogP contribution in [-0.4, -0.2) is 16.6 Å². The zero-order valence-corrected chi connectivity index (χ0v) is 21.0. The SMILES string of the molecule is CCCCCCCCCCCc1cnc(-c2ccccc2)nc1OCCCCC(C)CC. The number of rotatable bonds is 18. The molecule has 32 heavy (non-hydrogen) atoms. The van der Waals surface area contributed by atoms with Gasteiger partial charge in [0.1, 0.15) is 0 Å². The highest BCUT2D eigenvalue weighted by atomic mass is 16.5. The van der Waals surface area contributed by atoms with Crippen molar-refractivity contribution in [2.24, 2.45) is 5.92 Å². The maximum absolute atomic E-state index is 6.20. The summed E-state index contributed by atoms with van der Waals surface area (Å²) in [5.41, 5.74) is 2.21. The van der Waals surface area contributed by atoms with Crippen molar-refractivity contribution in [1.29, 1.82) is 0 Å². The minimum absolute atomic E-state index is 0.742. The molecule has 3 heteroatoms. The van der Waals surface area contributed by atoms with Gasteiger partial charge >= 0.3 is 0 Å². The second kappa shape index (κ2) is 16.7. The quantitative estimate of drug-likeness (QED) is 0.218. The molecular formula is C29H46N2O. The molecule has 0 bridgehead atoms. The molecule has 0 N–H and O–H groups in total.